The third-order valence-electron chi connectivity index (χ3n) is 5.44. The fourth-order valence-corrected chi connectivity index (χ4v) is 3.99. The van der Waals surface area contributed by atoms with Gasteiger partial charge in [-0.15, -0.1) is 0 Å². The van der Waals surface area contributed by atoms with Gasteiger partial charge in [-0.25, -0.2) is 0 Å². The maximum absolute atomic E-state index is 13.5. The summed E-state index contributed by atoms with van der Waals surface area (Å²) in [5.74, 6) is -0.721. The van der Waals surface area contributed by atoms with Crippen LogP contribution in [0, 0.1) is 0 Å². The number of hydrogen-bond donors (Lipinski definition) is 1. The van der Waals surface area contributed by atoms with E-state index in [1.165, 1.54) is 4.90 Å². The van der Waals surface area contributed by atoms with Crippen LogP contribution in [0.15, 0.2) is 97.0 Å². The number of pyridine rings is 1. The molecular formula is C26H18ClN3O2. The predicted molar refractivity (Wildman–Crippen MR) is 126 cm³/mol. The second-order valence-electron chi connectivity index (χ2n) is 7.46. The molecule has 0 radical (unpaired) electrons. The largest absolute Gasteiger partial charge is 0.350 e. The number of aromatic nitrogens is 1. The Morgan fingerprint density at radius 2 is 1.53 bits per heavy atom. The number of imide groups is 1. The van der Waals surface area contributed by atoms with Crippen molar-refractivity contribution in [1.82, 2.24) is 9.88 Å². The van der Waals surface area contributed by atoms with Crippen molar-refractivity contribution in [2.45, 2.75) is 6.54 Å². The van der Waals surface area contributed by atoms with E-state index in [-0.39, 0.29) is 24.1 Å². The standard InChI is InChI=1S/C26H18ClN3O2/c27-20-10-8-19(9-11-20)23-24(29-22-7-3-5-18-4-1-2-6-21(18)22)26(32)30(25(23)31)16-17-12-14-28-15-13-17/h1-15,29H,16H2. The Balaban J connectivity index is 1.60. The number of halogens is 1. The molecule has 0 spiro atoms. The number of carbonyl (C=O) groups excluding carboxylic acids is 2. The van der Waals surface area contributed by atoms with E-state index in [4.69, 9.17) is 11.6 Å². The number of anilines is 1. The summed E-state index contributed by atoms with van der Waals surface area (Å²) in [6.45, 7) is 0.165. The van der Waals surface area contributed by atoms with E-state index in [1.54, 1.807) is 48.8 Å². The van der Waals surface area contributed by atoms with Crippen molar-refractivity contribution in [3.05, 3.63) is 113 Å². The molecule has 32 heavy (non-hydrogen) atoms. The lowest BCUT2D eigenvalue weighted by molar-refractivity contribution is -0.137. The molecule has 2 heterocycles. The monoisotopic (exact) mass is 439 g/mol. The van der Waals surface area contributed by atoms with E-state index >= 15 is 0 Å². The van der Waals surface area contributed by atoms with Gasteiger partial charge in [0.2, 0.25) is 0 Å². The number of nitrogens with one attached hydrogen (secondary N) is 1. The number of benzene rings is 3. The van der Waals surface area contributed by atoms with Gasteiger partial charge in [0.05, 0.1) is 12.1 Å². The molecule has 0 unspecified atom stereocenters. The minimum atomic E-state index is -0.371. The van der Waals surface area contributed by atoms with Gasteiger partial charge in [0.1, 0.15) is 5.70 Å². The Bertz CT molecular complexity index is 1360. The van der Waals surface area contributed by atoms with Crippen LogP contribution in [0.3, 0.4) is 0 Å². The quantitative estimate of drug-likeness (QED) is 0.430. The van der Waals surface area contributed by atoms with E-state index in [9.17, 15) is 9.59 Å². The number of nitrogens with zero attached hydrogens (tertiary/aromatic N) is 2. The van der Waals surface area contributed by atoms with Crippen molar-refractivity contribution in [1.29, 1.82) is 0 Å². The first-order valence-electron chi connectivity index (χ1n) is 10.1. The molecule has 4 aromatic rings. The van der Waals surface area contributed by atoms with Crippen molar-refractivity contribution < 1.29 is 9.59 Å². The minimum absolute atomic E-state index is 0.165. The topological polar surface area (TPSA) is 62.3 Å². The zero-order valence-corrected chi connectivity index (χ0v) is 17.7. The lowest BCUT2D eigenvalue weighted by atomic mass is 10.0. The molecule has 0 saturated carbocycles. The SMILES string of the molecule is O=C1C(Nc2cccc3ccccc23)=C(c2ccc(Cl)cc2)C(=O)N1Cc1ccncc1. The Morgan fingerprint density at radius 1 is 0.812 bits per heavy atom. The van der Waals surface area contributed by atoms with E-state index in [2.05, 4.69) is 10.3 Å². The molecule has 0 bridgehead atoms. The number of carbonyl (C=O) groups is 2. The molecule has 0 aliphatic carbocycles. The van der Waals surface area contributed by atoms with Gasteiger partial charge in [0.15, 0.2) is 0 Å². The average molecular weight is 440 g/mol. The summed E-state index contributed by atoms with van der Waals surface area (Å²) >= 11 is 6.05. The summed E-state index contributed by atoms with van der Waals surface area (Å²) in [4.78, 5) is 32.1. The van der Waals surface area contributed by atoms with Gasteiger partial charge < -0.3 is 5.32 Å². The first-order chi connectivity index (χ1) is 15.6. The fraction of sp³-hybridized carbons (Fsp3) is 0.0385. The van der Waals surface area contributed by atoms with Gasteiger partial charge >= 0.3 is 0 Å². The number of hydrogen-bond acceptors (Lipinski definition) is 4. The van der Waals surface area contributed by atoms with Crippen molar-refractivity contribution >= 4 is 45.4 Å². The molecule has 0 atom stereocenters. The Labute approximate surface area is 190 Å². The molecule has 0 fully saturated rings. The van der Waals surface area contributed by atoms with Crippen LogP contribution >= 0.6 is 11.6 Å². The number of rotatable bonds is 5. The van der Waals surface area contributed by atoms with E-state index < -0.39 is 0 Å². The molecule has 6 heteroatoms. The maximum atomic E-state index is 13.5. The van der Waals surface area contributed by atoms with Gasteiger partial charge in [-0.3, -0.25) is 19.5 Å². The first-order valence-corrected chi connectivity index (χ1v) is 10.5. The molecule has 0 saturated heterocycles. The highest BCUT2D eigenvalue weighted by molar-refractivity contribution is 6.37. The summed E-state index contributed by atoms with van der Waals surface area (Å²) in [6, 6.07) is 24.2. The molecule has 1 aliphatic heterocycles. The molecule has 3 aromatic carbocycles. The molecule has 1 N–H and O–H groups in total. The molecule has 156 valence electrons. The summed E-state index contributed by atoms with van der Waals surface area (Å²) in [5.41, 5.74) is 2.80. The van der Waals surface area contributed by atoms with E-state index in [0.717, 1.165) is 22.0 Å². The third kappa shape index (κ3) is 3.63. The van der Waals surface area contributed by atoms with Crippen LogP contribution in [0.25, 0.3) is 16.3 Å². The predicted octanol–water partition coefficient (Wildman–Crippen LogP) is 5.28. The third-order valence-corrected chi connectivity index (χ3v) is 5.69. The second kappa shape index (κ2) is 8.29. The summed E-state index contributed by atoms with van der Waals surface area (Å²) < 4.78 is 0. The molecule has 5 nitrogen and oxygen atoms in total. The highest BCUT2D eigenvalue weighted by Gasteiger charge is 2.39. The number of amides is 2. The summed E-state index contributed by atoms with van der Waals surface area (Å²) in [7, 11) is 0. The number of fused-ring (bicyclic) bond motifs is 1. The molecule has 1 aromatic heterocycles. The van der Waals surface area contributed by atoms with E-state index in [0.29, 0.717) is 16.2 Å². The molecule has 5 rings (SSSR count). The zero-order valence-electron chi connectivity index (χ0n) is 17.0. The molecule has 1 aliphatic rings. The average Bonchev–Trinajstić information content (AvgIpc) is 3.05. The maximum Gasteiger partial charge on any atom is 0.278 e. The Morgan fingerprint density at radius 3 is 2.31 bits per heavy atom. The smallest absolute Gasteiger partial charge is 0.278 e. The van der Waals surface area contributed by atoms with Crippen LogP contribution in [0.2, 0.25) is 5.02 Å². The van der Waals surface area contributed by atoms with Gasteiger partial charge in [-0.2, -0.15) is 0 Å². The summed E-state index contributed by atoms with van der Waals surface area (Å²) in [5, 5.41) is 5.83. The van der Waals surface area contributed by atoms with Crippen molar-refractivity contribution in [3.63, 3.8) is 0 Å². The van der Waals surface area contributed by atoms with Crippen molar-refractivity contribution in [2.75, 3.05) is 5.32 Å². The Kier molecular flexibility index (Phi) is 5.17. The second-order valence-corrected chi connectivity index (χ2v) is 7.90. The van der Waals surface area contributed by atoms with Crippen molar-refractivity contribution in [3.8, 4) is 0 Å². The van der Waals surface area contributed by atoms with Crippen molar-refractivity contribution in [2.24, 2.45) is 0 Å². The van der Waals surface area contributed by atoms with E-state index in [1.807, 2.05) is 42.5 Å². The van der Waals surface area contributed by atoms with Crippen LogP contribution in [0.4, 0.5) is 5.69 Å². The fourth-order valence-electron chi connectivity index (χ4n) is 3.86. The van der Waals surface area contributed by atoms with Crippen LogP contribution in [-0.4, -0.2) is 21.7 Å². The normalized spacial score (nSPS) is 13.8. The van der Waals surface area contributed by atoms with Crippen LogP contribution < -0.4 is 5.32 Å². The lowest BCUT2D eigenvalue weighted by Crippen LogP contribution is -2.32. The van der Waals surface area contributed by atoms with Crippen LogP contribution in [-0.2, 0) is 16.1 Å². The molecule has 2 amide bonds. The first kappa shape index (κ1) is 20.0. The lowest BCUT2D eigenvalue weighted by Gasteiger charge is -2.15. The minimum Gasteiger partial charge on any atom is -0.350 e. The van der Waals surface area contributed by atoms with Gasteiger partial charge in [-0.1, -0.05) is 60.1 Å². The Hall–Kier alpha value is -3.96. The highest BCUT2D eigenvalue weighted by atomic mass is 35.5. The zero-order chi connectivity index (χ0) is 22.1. The summed E-state index contributed by atoms with van der Waals surface area (Å²) in [6.07, 6.45) is 3.28. The van der Waals surface area contributed by atoms with Gasteiger partial charge in [-0.05, 0) is 46.8 Å². The molecular weight excluding hydrogens is 422 g/mol. The highest BCUT2D eigenvalue weighted by Crippen LogP contribution is 2.33. The van der Waals surface area contributed by atoms with Crippen LogP contribution in [0.5, 0.6) is 0 Å². The van der Waals surface area contributed by atoms with Gasteiger partial charge in [0.25, 0.3) is 11.8 Å². The van der Waals surface area contributed by atoms with Crippen LogP contribution in [0.1, 0.15) is 11.1 Å². The van der Waals surface area contributed by atoms with Gasteiger partial charge in [0, 0.05) is 28.5 Å².